The average molecular weight is 437 g/mol. The van der Waals surface area contributed by atoms with Crippen molar-refractivity contribution in [3.63, 3.8) is 0 Å². The molecule has 1 fully saturated rings. The predicted octanol–water partition coefficient (Wildman–Crippen LogP) is 2.90. The molecule has 0 unspecified atom stereocenters. The number of ether oxygens (including phenoxy) is 1. The summed E-state index contributed by atoms with van der Waals surface area (Å²) >= 11 is 12.0. The van der Waals surface area contributed by atoms with E-state index in [-0.39, 0.29) is 6.10 Å². The monoisotopic (exact) mass is 436 g/mol. The Morgan fingerprint density at radius 1 is 1.21 bits per heavy atom. The molecule has 1 aromatic carbocycles. The minimum atomic E-state index is -0.583. The van der Waals surface area contributed by atoms with Crippen LogP contribution in [0, 0.1) is 0 Å². The molecule has 3 rings (SSSR count). The van der Waals surface area contributed by atoms with E-state index in [0.717, 1.165) is 5.56 Å². The third kappa shape index (κ3) is 6.30. The molecule has 0 aliphatic carbocycles. The van der Waals surface area contributed by atoms with Crippen molar-refractivity contribution in [2.45, 2.75) is 31.8 Å². The minimum absolute atomic E-state index is 0.0389. The van der Waals surface area contributed by atoms with Gasteiger partial charge in [0, 0.05) is 54.9 Å². The highest BCUT2D eigenvalue weighted by Gasteiger charge is 2.27. The average Bonchev–Trinajstić information content (AvgIpc) is 2.73. The van der Waals surface area contributed by atoms with E-state index in [1.54, 1.807) is 35.6 Å². The zero-order chi connectivity index (χ0) is 20.6. The third-order valence-corrected chi connectivity index (χ3v) is 5.26. The number of aromatic nitrogens is 2. The summed E-state index contributed by atoms with van der Waals surface area (Å²) < 4.78 is 5.75. The number of halogens is 2. The lowest BCUT2D eigenvalue weighted by Gasteiger charge is -2.31. The Balaban J connectivity index is 1.36. The zero-order valence-electron chi connectivity index (χ0n) is 15.8. The Morgan fingerprint density at radius 2 is 2.00 bits per heavy atom. The van der Waals surface area contributed by atoms with Crippen molar-refractivity contribution < 1.29 is 14.3 Å². The van der Waals surface area contributed by atoms with E-state index >= 15 is 0 Å². The molecule has 0 atom stereocenters. The van der Waals surface area contributed by atoms with Gasteiger partial charge in [-0.1, -0.05) is 29.3 Å². The highest BCUT2D eigenvalue weighted by molar-refractivity contribution is 6.35. The highest BCUT2D eigenvalue weighted by Crippen LogP contribution is 2.22. The second-order valence-electron chi connectivity index (χ2n) is 6.75. The van der Waals surface area contributed by atoms with Crippen LogP contribution in [0.15, 0.2) is 36.8 Å². The number of rotatable bonds is 6. The van der Waals surface area contributed by atoms with Gasteiger partial charge in [-0.15, -0.1) is 0 Å². The largest absolute Gasteiger partial charge is 0.473 e. The molecule has 2 amide bonds. The zero-order valence-corrected chi connectivity index (χ0v) is 17.3. The maximum Gasteiger partial charge on any atom is 0.311 e. The van der Waals surface area contributed by atoms with Gasteiger partial charge in [-0.2, -0.15) is 0 Å². The van der Waals surface area contributed by atoms with Gasteiger partial charge in [0.2, 0.25) is 5.88 Å². The minimum Gasteiger partial charge on any atom is -0.473 e. The molecule has 1 aliphatic rings. The molecule has 1 N–H and O–H groups in total. The van der Waals surface area contributed by atoms with E-state index in [9.17, 15) is 9.59 Å². The summed E-state index contributed by atoms with van der Waals surface area (Å²) in [4.78, 5) is 34.1. The number of piperidine rings is 1. The first kappa shape index (κ1) is 21.3. The lowest BCUT2D eigenvalue weighted by atomic mass is 10.1. The molecule has 0 saturated carbocycles. The van der Waals surface area contributed by atoms with Gasteiger partial charge in [-0.3, -0.25) is 14.6 Å². The summed E-state index contributed by atoms with van der Waals surface area (Å²) in [5, 5.41) is 3.87. The van der Waals surface area contributed by atoms with Crippen LogP contribution in [0.5, 0.6) is 5.88 Å². The van der Waals surface area contributed by atoms with E-state index < -0.39 is 11.8 Å². The number of amides is 2. The number of hydrogen-bond donors (Lipinski definition) is 1. The van der Waals surface area contributed by atoms with Crippen molar-refractivity contribution in [1.29, 1.82) is 0 Å². The van der Waals surface area contributed by atoms with Crippen LogP contribution in [0.2, 0.25) is 10.0 Å². The molecule has 2 aromatic rings. The van der Waals surface area contributed by atoms with Gasteiger partial charge in [0.15, 0.2) is 0 Å². The number of likely N-dealkylation sites (tertiary alicyclic amines) is 1. The molecule has 1 aromatic heterocycles. The van der Waals surface area contributed by atoms with Gasteiger partial charge in [-0.25, -0.2) is 4.98 Å². The Labute approximate surface area is 179 Å². The number of carbonyl (C=O) groups excluding carboxylic acids is 2. The Hall–Kier alpha value is -2.38. The van der Waals surface area contributed by atoms with Gasteiger partial charge >= 0.3 is 11.8 Å². The summed E-state index contributed by atoms with van der Waals surface area (Å²) in [6.07, 6.45) is 7.32. The molecule has 9 heteroatoms. The van der Waals surface area contributed by atoms with Crippen LogP contribution < -0.4 is 10.1 Å². The van der Waals surface area contributed by atoms with Gasteiger partial charge in [0.1, 0.15) is 6.10 Å². The topological polar surface area (TPSA) is 84.4 Å². The van der Waals surface area contributed by atoms with Crippen LogP contribution in [0.4, 0.5) is 0 Å². The molecule has 1 saturated heterocycles. The standard InChI is InChI=1S/C20H22Cl2N4O3/c21-15-4-3-14(17(22)12-15)2-1-7-25-19(27)20(28)26-10-5-16(6-11-26)29-18-13-23-8-9-24-18/h3-4,8-9,12-13,16H,1-2,5-7,10-11H2,(H,25,27). The van der Waals surface area contributed by atoms with Crippen molar-refractivity contribution >= 4 is 35.0 Å². The summed E-state index contributed by atoms with van der Waals surface area (Å²) in [7, 11) is 0. The molecule has 0 bridgehead atoms. The summed E-state index contributed by atoms with van der Waals surface area (Å²) in [5.41, 5.74) is 0.960. The van der Waals surface area contributed by atoms with E-state index in [2.05, 4.69) is 15.3 Å². The van der Waals surface area contributed by atoms with Crippen LogP contribution in [-0.2, 0) is 16.0 Å². The first-order valence-corrected chi connectivity index (χ1v) is 10.2. The van der Waals surface area contributed by atoms with E-state index in [4.69, 9.17) is 27.9 Å². The van der Waals surface area contributed by atoms with Gasteiger partial charge in [-0.05, 0) is 30.5 Å². The van der Waals surface area contributed by atoms with Crippen molar-refractivity contribution in [3.05, 3.63) is 52.4 Å². The Morgan fingerprint density at radius 3 is 2.69 bits per heavy atom. The van der Waals surface area contributed by atoms with Crippen molar-refractivity contribution in [1.82, 2.24) is 20.2 Å². The lowest BCUT2D eigenvalue weighted by Crippen LogP contribution is -2.48. The molecular weight excluding hydrogens is 415 g/mol. The maximum atomic E-state index is 12.3. The number of nitrogens with zero attached hydrogens (tertiary/aromatic N) is 3. The number of nitrogens with one attached hydrogen (secondary N) is 1. The van der Waals surface area contributed by atoms with Crippen LogP contribution >= 0.6 is 23.2 Å². The normalized spacial score (nSPS) is 14.5. The summed E-state index contributed by atoms with van der Waals surface area (Å²) in [6.45, 7) is 1.34. The molecule has 0 spiro atoms. The van der Waals surface area contributed by atoms with Gasteiger partial charge in [0.25, 0.3) is 0 Å². The molecule has 2 heterocycles. The van der Waals surface area contributed by atoms with Crippen LogP contribution in [0.3, 0.4) is 0 Å². The number of carbonyl (C=O) groups is 2. The second kappa shape index (κ2) is 10.4. The fourth-order valence-electron chi connectivity index (χ4n) is 3.12. The predicted molar refractivity (Wildman–Crippen MR) is 110 cm³/mol. The van der Waals surface area contributed by atoms with Crippen LogP contribution in [0.1, 0.15) is 24.8 Å². The van der Waals surface area contributed by atoms with E-state index in [1.165, 1.54) is 0 Å². The fourth-order valence-corrected chi connectivity index (χ4v) is 3.62. The van der Waals surface area contributed by atoms with Crippen molar-refractivity contribution in [2.24, 2.45) is 0 Å². The van der Waals surface area contributed by atoms with Gasteiger partial charge < -0.3 is 15.0 Å². The van der Waals surface area contributed by atoms with Crippen LogP contribution in [-0.4, -0.2) is 52.4 Å². The smallest absolute Gasteiger partial charge is 0.311 e. The molecule has 154 valence electrons. The molecule has 29 heavy (non-hydrogen) atoms. The molecular formula is C20H22Cl2N4O3. The number of benzene rings is 1. The SMILES string of the molecule is O=C(NCCCc1ccc(Cl)cc1Cl)C(=O)N1CCC(Oc2cnccn2)CC1. The lowest BCUT2D eigenvalue weighted by molar-refractivity contribution is -0.147. The van der Waals surface area contributed by atoms with E-state index in [0.29, 0.717) is 61.2 Å². The molecule has 0 radical (unpaired) electrons. The Bertz CT molecular complexity index is 843. The van der Waals surface area contributed by atoms with Crippen molar-refractivity contribution in [2.75, 3.05) is 19.6 Å². The highest BCUT2D eigenvalue weighted by atomic mass is 35.5. The maximum absolute atomic E-state index is 12.3. The quantitative estimate of drug-likeness (QED) is 0.555. The van der Waals surface area contributed by atoms with Crippen LogP contribution in [0.25, 0.3) is 0 Å². The summed E-state index contributed by atoms with van der Waals surface area (Å²) in [5.74, 6) is -0.621. The first-order valence-electron chi connectivity index (χ1n) is 9.46. The van der Waals surface area contributed by atoms with Crippen molar-refractivity contribution in [3.8, 4) is 5.88 Å². The number of hydrogen-bond acceptors (Lipinski definition) is 5. The summed E-state index contributed by atoms with van der Waals surface area (Å²) in [6, 6.07) is 5.34. The third-order valence-electron chi connectivity index (χ3n) is 4.67. The first-order chi connectivity index (χ1) is 14.0. The molecule has 7 nitrogen and oxygen atoms in total. The number of aryl methyl sites for hydroxylation is 1. The fraction of sp³-hybridized carbons (Fsp3) is 0.400. The Kier molecular flexibility index (Phi) is 7.66. The molecule has 1 aliphatic heterocycles. The second-order valence-corrected chi connectivity index (χ2v) is 7.59. The van der Waals surface area contributed by atoms with Gasteiger partial charge in [0.05, 0.1) is 6.20 Å². The van der Waals surface area contributed by atoms with E-state index in [1.807, 2.05) is 6.07 Å².